The van der Waals surface area contributed by atoms with Gasteiger partial charge in [0.2, 0.25) is 0 Å². The summed E-state index contributed by atoms with van der Waals surface area (Å²) >= 11 is 17.6. The summed E-state index contributed by atoms with van der Waals surface area (Å²) in [5.74, 6) is -0.645. The number of aromatic nitrogens is 2. The van der Waals surface area contributed by atoms with Crippen molar-refractivity contribution in [1.29, 1.82) is 0 Å². The molecule has 2 N–H and O–H groups in total. The van der Waals surface area contributed by atoms with E-state index < -0.39 is 12.0 Å². The second-order valence-corrected chi connectivity index (χ2v) is 5.85. The summed E-state index contributed by atoms with van der Waals surface area (Å²) in [5, 5.41) is 8.81. The maximum Gasteiger partial charge on any atom is 0.359 e. The lowest BCUT2D eigenvalue weighted by Crippen LogP contribution is -2.22. The Bertz CT molecular complexity index is 745. The third-order valence-corrected chi connectivity index (χ3v) is 3.73. The lowest BCUT2D eigenvalue weighted by Gasteiger charge is -2.12. The molecule has 0 aliphatic rings. The van der Waals surface area contributed by atoms with Gasteiger partial charge in [0.05, 0.1) is 16.2 Å². The number of benzene rings is 1. The van der Waals surface area contributed by atoms with E-state index in [-0.39, 0.29) is 5.84 Å². The standard InChI is InChI=1S/C14H13Cl3N4O2/c1-2-12(21-7-9(16)6-19-21)14(22)23-20-13(18)10-4-3-8(15)5-11(10)17/h3-7,12H,2H2,1H3,(H2,18,20). The van der Waals surface area contributed by atoms with E-state index in [9.17, 15) is 4.79 Å². The van der Waals surface area contributed by atoms with Crippen LogP contribution in [0, 0.1) is 0 Å². The van der Waals surface area contributed by atoms with Gasteiger partial charge in [-0.05, 0) is 24.6 Å². The van der Waals surface area contributed by atoms with Crippen LogP contribution < -0.4 is 5.73 Å². The van der Waals surface area contributed by atoms with E-state index in [2.05, 4.69) is 10.3 Å². The minimum atomic E-state index is -0.653. The highest BCUT2D eigenvalue weighted by molar-refractivity contribution is 6.36. The number of oxime groups is 1. The molecule has 1 aromatic carbocycles. The number of carbonyl (C=O) groups is 1. The Hall–Kier alpha value is -1.76. The van der Waals surface area contributed by atoms with Crippen LogP contribution in [0.2, 0.25) is 15.1 Å². The van der Waals surface area contributed by atoms with E-state index in [0.717, 1.165) is 0 Å². The second kappa shape index (κ2) is 7.68. The zero-order valence-electron chi connectivity index (χ0n) is 12.0. The Labute approximate surface area is 147 Å². The molecule has 1 atom stereocenters. The average molecular weight is 376 g/mol. The molecule has 0 saturated carbocycles. The zero-order valence-corrected chi connectivity index (χ0v) is 14.3. The van der Waals surface area contributed by atoms with E-state index >= 15 is 0 Å². The van der Waals surface area contributed by atoms with E-state index in [4.69, 9.17) is 45.4 Å². The van der Waals surface area contributed by atoms with Crippen molar-refractivity contribution >= 4 is 46.6 Å². The molecule has 0 fully saturated rings. The van der Waals surface area contributed by atoms with Gasteiger partial charge in [0.25, 0.3) is 0 Å². The summed E-state index contributed by atoms with van der Waals surface area (Å²) in [6.07, 6.45) is 3.41. The molecule has 1 aromatic heterocycles. The Kier molecular flexibility index (Phi) is 5.87. The van der Waals surface area contributed by atoms with Crippen LogP contribution in [0.3, 0.4) is 0 Å². The molecule has 0 aliphatic carbocycles. The highest BCUT2D eigenvalue weighted by Crippen LogP contribution is 2.21. The maximum atomic E-state index is 12.1. The van der Waals surface area contributed by atoms with Crippen molar-refractivity contribution in [1.82, 2.24) is 9.78 Å². The fraction of sp³-hybridized carbons (Fsp3) is 0.214. The smallest absolute Gasteiger partial charge is 0.359 e. The largest absolute Gasteiger partial charge is 0.380 e. The molecule has 0 bridgehead atoms. The summed E-state index contributed by atoms with van der Waals surface area (Å²) in [7, 11) is 0. The highest BCUT2D eigenvalue weighted by Gasteiger charge is 2.22. The van der Waals surface area contributed by atoms with Gasteiger partial charge in [-0.25, -0.2) is 4.79 Å². The Morgan fingerprint density at radius 3 is 2.70 bits per heavy atom. The quantitative estimate of drug-likeness (QED) is 0.374. The van der Waals surface area contributed by atoms with Crippen LogP contribution in [0.1, 0.15) is 24.9 Å². The van der Waals surface area contributed by atoms with Gasteiger partial charge in [-0.3, -0.25) is 4.68 Å². The number of nitrogens with two attached hydrogens (primary N) is 1. The van der Waals surface area contributed by atoms with E-state index in [0.29, 0.717) is 27.1 Å². The lowest BCUT2D eigenvalue weighted by molar-refractivity contribution is -0.148. The van der Waals surface area contributed by atoms with Gasteiger partial charge < -0.3 is 10.6 Å². The van der Waals surface area contributed by atoms with E-state index in [1.807, 2.05) is 6.92 Å². The van der Waals surface area contributed by atoms with Crippen LogP contribution in [-0.4, -0.2) is 21.6 Å². The molecule has 2 rings (SSSR count). The molecule has 0 saturated heterocycles. The molecule has 9 heteroatoms. The van der Waals surface area contributed by atoms with Crippen LogP contribution in [0.25, 0.3) is 0 Å². The van der Waals surface area contributed by atoms with Crippen molar-refractivity contribution in [3.63, 3.8) is 0 Å². The van der Waals surface area contributed by atoms with Gasteiger partial charge in [-0.15, -0.1) is 0 Å². The predicted molar refractivity (Wildman–Crippen MR) is 89.8 cm³/mol. The Morgan fingerprint density at radius 2 is 2.13 bits per heavy atom. The molecular weight excluding hydrogens is 363 g/mol. The first-order valence-electron chi connectivity index (χ1n) is 6.61. The molecule has 0 aliphatic heterocycles. The molecule has 1 heterocycles. The molecule has 0 spiro atoms. The number of amidine groups is 1. The third kappa shape index (κ3) is 4.37. The third-order valence-electron chi connectivity index (χ3n) is 2.99. The van der Waals surface area contributed by atoms with Gasteiger partial charge in [-0.1, -0.05) is 46.9 Å². The average Bonchev–Trinajstić information content (AvgIpc) is 2.92. The van der Waals surface area contributed by atoms with Crippen molar-refractivity contribution in [2.24, 2.45) is 10.9 Å². The monoisotopic (exact) mass is 374 g/mol. The number of nitrogens with zero attached hydrogens (tertiary/aromatic N) is 3. The van der Waals surface area contributed by atoms with Crippen molar-refractivity contribution in [2.75, 3.05) is 0 Å². The molecule has 0 radical (unpaired) electrons. The first kappa shape index (κ1) is 17.6. The SMILES string of the molecule is CCC(C(=O)O/N=C(\N)c1ccc(Cl)cc1Cl)n1cc(Cl)cn1. The summed E-state index contributed by atoms with van der Waals surface area (Å²) in [6, 6.07) is 4.05. The Balaban J connectivity index is 2.12. The minimum Gasteiger partial charge on any atom is -0.380 e. The van der Waals surface area contributed by atoms with Crippen molar-refractivity contribution in [3.8, 4) is 0 Å². The van der Waals surface area contributed by atoms with Crippen LogP contribution >= 0.6 is 34.8 Å². The minimum absolute atomic E-state index is 0.0339. The predicted octanol–water partition coefficient (Wildman–Crippen LogP) is 3.66. The molecule has 122 valence electrons. The van der Waals surface area contributed by atoms with Crippen molar-refractivity contribution in [2.45, 2.75) is 19.4 Å². The van der Waals surface area contributed by atoms with E-state index in [1.165, 1.54) is 23.1 Å². The van der Waals surface area contributed by atoms with E-state index in [1.54, 1.807) is 12.1 Å². The summed E-state index contributed by atoms with van der Waals surface area (Å²) in [4.78, 5) is 17.0. The molecule has 2 aromatic rings. The van der Waals surface area contributed by atoms with Gasteiger partial charge in [0, 0.05) is 16.8 Å². The fourth-order valence-electron chi connectivity index (χ4n) is 1.85. The van der Waals surface area contributed by atoms with Crippen molar-refractivity contribution in [3.05, 3.63) is 51.2 Å². The molecule has 0 amide bonds. The first-order chi connectivity index (χ1) is 10.9. The van der Waals surface area contributed by atoms with Gasteiger partial charge in [-0.2, -0.15) is 5.10 Å². The van der Waals surface area contributed by atoms with Crippen LogP contribution in [0.15, 0.2) is 35.7 Å². The van der Waals surface area contributed by atoms with Crippen LogP contribution in [0.5, 0.6) is 0 Å². The first-order valence-corrected chi connectivity index (χ1v) is 7.75. The van der Waals surface area contributed by atoms with Gasteiger partial charge in [0.15, 0.2) is 11.9 Å². The Morgan fingerprint density at radius 1 is 1.39 bits per heavy atom. The second-order valence-electron chi connectivity index (χ2n) is 4.57. The maximum absolute atomic E-state index is 12.1. The number of halogens is 3. The van der Waals surface area contributed by atoms with Crippen LogP contribution in [-0.2, 0) is 9.63 Å². The lowest BCUT2D eigenvalue weighted by atomic mass is 10.2. The van der Waals surface area contributed by atoms with Crippen molar-refractivity contribution < 1.29 is 9.63 Å². The van der Waals surface area contributed by atoms with Crippen LogP contribution in [0.4, 0.5) is 0 Å². The molecule has 6 nitrogen and oxygen atoms in total. The molecule has 1 unspecified atom stereocenters. The molecular formula is C14H13Cl3N4O2. The fourth-order valence-corrected chi connectivity index (χ4v) is 2.50. The number of carbonyl (C=O) groups excluding carboxylic acids is 1. The summed E-state index contributed by atoms with van der Waals surface area (Å²) in [6.45, 7) is 1.81. The normalized spacial score (nSPS) is 13.0. The summed E-state index contributed by atoms with van der Waals surface area (Å²) in [5.41, 5.74) is 6.20. The molecule has 23 heavy (non-hydrogen) atoms. The van der Waals surface area contributed by atoms with Gasteiger partial charge >= 0.3 is 5.97 Å². The number of hydrogen-bond donors (Lipinski definition) is 1. The zero-order chi connectivity index (χ0) is 17.0. The number of rotatable bonds is 5. The van der Waals surface area contributed by atoms with Gasteiger partial charge in [0.1, 0.15) is 0 Å². The topological polar surface area (TPSA) is 82.5 Å². The number of hydrogen-bond acceptors (Lipinski definition) is 4. The highest BCUT2D eigenvalue weighted by atomic mass is 35.5. The summed E-state index contributed by atoms with van der Waals surface area (Å²) < 4.78 is 1.41.